The van der Waals surface area contributed by atoms with Gasteiger partial charge in [0, 0.05) is 44.8 Å². The van der Waals surface area contributed by atoms with Gasteiger partial charge in [-0.1, -0.05) is 6.92 Å². The highest BCUT2D eigenvalue weighted by Crippen LogP contribution is 2.24. The molecule has 3 aromatic rings. The lowest BCUT2D eigenvalue weighted by molar-refractivity contribution is 0.196. The van der Waals surface area contributed by atoms with Gasteiger partial charge in [0.2, 0.25) is 11.9 Å². The Kier molecular flexibility index (Phi) is 5.16. The summed E-state index contributed by atoms with van der Waals surface area (Å²) in [5.41, 5.74) is 8.15. The number of amides is 2. The van der Waals surface area contributed by atoms with Crippen molar-refractivity contribution >= 4 is 35.1 Å². The van der Waals surface area contributed by atoms with Crippen LogP contribution in [0.3, 0.4) is 0 Å². The van der Waals surface area contributed by atoms with E-state index in [4.69, 9.17) is 5.73 Å². The standard InChI is InChI=1S/C21H28N10O/c1-3-15-13-29(11-12-30(15)20-27-19(22)26-18-7-8-23-31(18)20)21(32)25-16-5-6-17(24-14(16)2)28-9-4-10-28/h5-8,15H,3-4,9-13H2,1-2H3,(H2,22,26)(H,25,32)/t15-/m0/s1. The number of anilines is 4. The van der Waals surface area contributed by atoms with Crippen LogP contribution in [0.4, 0.5) is 28.2 Å². The molecule has 11 nitrogen and oxygen atoms in total. The first kappa shape index (κ1) is 20.3. The Morgan fingerprint density at radius 1 is 1.16 bits per heavy atom. The lowest BCUT2D eigenvalue weighted by Crippen LogP contribution is -2.56. The number of fused-ring (bicyclic) bond motifs is 1. The zero-order chi connectivity index (χ0) is 22.2. The van der Waals surface area contributed by atoms with Crippen molar-refractivity contribution in [3.63, 3.8) is 0 Å². The van der Waals surface area contributed by atoms with Crippen LogP contribution in [0.25, 0.3) is 5.65 Å². The van der Waals surface area contributed by atoms with Gasteiger partial charge in [0.15, 0.2) is 5.65 Å². The maximum Gasteiger partial charge on any atom is 0.322 e. The molecule has 0 unspecified atom stereocenters. The summed E-state index contributed by atoms with van der Waals surface area (Å²) in [5.74, 6) is 1.85. The van der Waals surface area contributed by atoms with Crippen LogP contribution in [0.15, 0.2) is 24.4 Å². The summed E-state index contributed by atoms with van der Waals surface area (Å²) in [5, 5.41) is 7.38. The van der Waals surface area contributed by atoms with Crippen LogP contribution < -0.4 is 20.9 Å². The van der Waals surface area contributed by atoms with Crippen molar-refractivity contribution in [3.8, 4) is 0 Å². The summed E-state index contributed by atoms with van der Waals surface area (Å²) < 4.78 is 1.70. The van der Waals surface area contributed by atoms with Gasteiger partial charge in [0.25, 0.3) is 0 Å². The Morgan fingerprint density at radius 3 is 2.72 bits per heavy atom. The molecule has 0 bridgehead atoms. The van der Waals surface area contributed by atoms with Crippen molar-refractivity contribution in [1.82, 2.24) is 29.5 Å². The number of nitrogens with two attached hydrogens (primary N) is 1. The molecule has 5 rings (SSSR count). The molecule has 5 heterocycles. The fourth-order valence-corrected chi connectivity index (χ4v) is 4.26. The van der Waals surface area contributed by atoms with E-state index in [-0.39, 0.29) is 18.0 Å². The zero-order valence-electron chi connectivity index (χ0n) is 18.4. The van der Waals surface area contributed by atoms with Crippen molar-refractivity contribution < 1.29 is 4.79 Å². The van der Waals surface area contributed by atoms with Crippen LogP contribution in [-0.4, -0.2) is 74.3 Å². The molecule has 1 atom stereocenters. The van der Waals surface area contributed by atoms with E-state index in [0.29, 0.717) is 31.2 Å². The van der Waals surface area contributed by atoms with Crippen LogP contribution in [0.5, 0.6) is 0 Å². The van der Waals surface area contributed by atoms with E-state index >= 15 is 0 Å². The number of piperazine rings is 1. The first-order chi connectivity index (χ1) is 15.5. The molecule has 3 aromatic heterocycles. The smallest absolute Gasteiger partial charge is 0.322 e. The van der Waals surface area contributed by atoms with Crippen LogP contribution in [-0.2, 0) is 0 Å². The number of urea groups is 1. The third kappa shape index (κ3) is 3.63. The number of aryl methyl sites for hydroxylation is 1. The third-order valence-corrected chi connectivity index (χ3v) is 6.25. The zero-order valence-corrected chi connectivity index (χ0v) is 18.4. The minimum Gasteiger partial charge on any atom is -0.368 e. The lowest BCUT2D eigenvalue weighted by Gasteiger charge is -2.41. The molecular weight excluding hydrogens is 408 g/mol. The van der Waals surface area contributed by atoms with Crippen LogP contribution in [0.2, 0.25) is 0 Å². The number of carbonyl (C=O) groups excluding carboxylic acids is 1. The van der Waals surface area contributed by atoms with Gasteiger partial charge in [0.1, 0.15) is 5.82 Å². The van der Waals surface area contributed by atoms with Crippen molar-refractivity contribution in [3.05, 3.63) is 30.1 Å². The maximum absolute atomic E-state index is 13.0. The molecule has 0 saturated carbocycles. The Labute approximate surface area is 186 Å². The van der Waals surface area contributed by atoms with Crippen molar-refractivity contribution in [2.75, 3.05) is 53.6 Å². The molecule has 0 aliphatic carbocycles. The fraction of sp³-hybridized carbons (Fsp3) is 0.476. The van der Waals surface area contributed by atoms with E-state index in [2.05, 4.69) is 42.1 Å². The monoisotopic (exact) mass is 436 g/mol. The van der Waals surface area contributed by atoms with E-state index < -0.39 is 0 Å². The average Bonchev–Trinajstić information content (AvgIpc) is 3.21. The molecule has 0 radical (unpaired) electrons. The molecular formula is C21H28N10O. The van der Waals surface area contributed by atoms with Crippen LogP contribution >= 0.6 is 0 Å². The highest BCUT2D eigenvalue weighted by molar-refractivity contribution is 5.90. The van der Waals surface area contributed by atoms with Crippen molar-refractivity contribution in [1.29, 1.82) is 0 Å². The Balaban J connectivity index is 1.29. The second-order valence-corrected chi connectivity index (χ2v) is 8.26. The van der Waals surface area contributed by atoms with E-state index in [0.717, 1.165) is 36.7 Å². The second kappa shape index (κ2) is 8.13. The van der Waals surface area contributed by atoms with Gasteiger partial charge in [-0.2, -0.15) is 19.6 Å². The molecule has 2 amide bonds. The number of aromatic nitrogens is 5. The van der Waals surface area contributed by atoms with Crippen molar-refractivity contribution in [2.45, 2.75) is 32.7 Å². The predicted octanol–water partition coefficient (Wildman–Crippen LogP) is 1.75. The molecule has 168 valence electrons. The van der Waals surface area contributed by atoms with Crippen molar-refractivity contribution in [2.24, 2.45) is 0 Å². The molecule has 3 N–H and O–H groups in total. The number of hydrogen-bond acceptors (Lipinski definition) is 8. The first-order valence-corrected chi connectivity index (χ1v) is 11.1. The molecule has 2 aliphatic rings. The van der Waals surface area contributed by atoms with E-state index in [1.54, 1.807) is 16.8 Å². The topological polar surface area (TPSA) is 121 Å². The fourth-order valence-electron chi connectivity index (χ4n) is 4.26. The van der Waals surface area contributed by atoms with Crippen LogP contribution in [0.1, 0.15) is 25.5 Å². The summed E-state index contributed by atoms with van der Waals surface area (Å²) in [6.45, 7) is 7.89. The molecule has 2 aliphatic heterocycles. The Morgan fingerprint density at radius 2 is 2.00 bits per heavy atom. The first-order valence-electron chi connectivity index (χ1n) is 11.1. The lowest BCUT2D eigenvalue weighted by atomic mass is 10.1. The number of pyridine rings is 1. The molecule has 0 spiro atoms. The summed E-state index contributed by atoms with van der Waals surface area (Å²) in [4.78, 5) is 32.6. The summed E-state index contributed by atoms with van der Waals surface area (Å²) in [6.07, 6.45) is 3.74. The van der Waals surface area contributed by atoms with Gasteiger partial charge in [-0.3, -0.25) is 0 Å². The average molecular weight is 437 g/mol. The summed E-state index contributed by atoms with van der Waals surface area (Å²) in [7, 11) is 0. The number of carbonyl (C=O) groups is 1. The molecule has 0 aromatic carbocycles. The number of nitrogens with zero attached hydrogens (tertiary/aromatic N) is 8. The predicted molar refractivity (Wildman–Crippen MR) is 123 cm³/mol. The number of rotatable bonds is 4. The maximum atomic E-state index is 13.0. The molecule has 2 saturated heterocycles. The Hall–Kier alpha value is -3.63. The minimum atomic E-state index is -0.115. The highest BCUT2D eigenvalue weighted by Gasteiger charge is 2.31. The van der Waals surface area contributed by atoms with Gasteiger partial charge in [-0.25, -0.2) is 9.78 Å². The van der Waals surface area contributed by atoms with E-state index in [9.17, 15) is 4.79 Å². The van der Waals surface area contributed by atoms with Gasteiger partial charge in [-0.15, -0.1) is 0 Å². The largest absolute Gasteiger partial charge is 0.368 e. The summed E-state index contributed by atoms with van der Waals surface area (Å²) in [6, 6.07) is 5.69. The Bertz CT molecular complexity index is 1140. The van der Waals surface area contributed by atoms with E-state index in [1.807, 2.05) is 24.0 Å². The normalized spacial score (nSPS) is 18.7. The number of nitrogens with one attached hydrogen (secondary N) is 1. The summed E-state index contributed by atoms with van der Waals surface area (Å²) >= 11 is 0. The van der Waals surface area contributed by atoms with Gasteiger partial charge in [0.05, 0.1) is 17.6 Å². The van der Waals surface area contributed by atoms with E-state index in [1.165, 1.54) is 6.42 Å². The SMILES string of the molecule is CC[C@H]1CN(C(=O)Nc2ccc(N3CCC3)nc2C)CCN1c1nc(N)nc2ccnn12. The molecule has 32 heavy (non-hydrogen) atoms. The van der Waals surface area contributed by atoms with Gasteiger partial charge >= 0.3 is 6.03 Å². The number of hydrogen-bond donors (Lipinski definition) is 2. The highest BCUT2D eigenvalue weighted by atomic mass is 16.2. The van der Waals surface area contributed by atoms with Crippen LogP contribution in [0, 0.1) is 6.92 Å². The third-order valence-electron chi connectivity index (χ3n) is 6.25. The number of nitrogen functional groups attached to an aromatic ring is 1. The second-order valence-electron chi connectivity index (χ2n) is 8.26. The molecule has 11 heteroatoms. The quantitative estimate of drug-likeness (QED) is 0.635. The van der Waals surface area contributed by atoms with Gasteiger partial charge in [-0.05, 0) is 31.9 Å². The minimum absolute atomic E-state index is 0.0872. The van der Waals surface area contributed by atoms with Gasteiger partial charge < -0.3 is 25.8 Å². The molecule has 2 fully saturated rings.